The third-order valence-corrected chi connectivity index (χ3v) is 17.9. The molecule has 12 aromatic rings. The van der Waals surface area contributed by atoms with E-state index in [2.05, 4.69) is 301 Å². The number of rotatable bonds is 10. The summed E-state index contributed by atoms with van der Waals surface area (Å²) in [7, 11) is 0. The van der Waals surface area contributed by atoms with Gasteiger partial charge in [0, 0.05) is 34.1 Å². The summed E-state index contributed by atoms with van der Waals surface area (Å²) in [5, 5.41) is 29.8. The van der Waals surface area contributed by atoms with Gasteiger partial charge in [0.05, 0.1) is 40.7 Å². The average Bonchev–Trinajstić information content (AvgIpc) is 0.804. The molecule has 0 fully saturated rings. The van der Waals surface area contributed by atoms with Crippen LogP contribution in [0.25, 0.3) is 87.6 Å². The maximum absolute atomic E-state index is 10.2. The minimum absolute atomic E-state index is 0.103. The van der Waals surface area contributed by atoms with Crippen LogP contribution in [0.4, 0.5) is 22.7 Å². The molecular formula is C82H52N4. The minimum Gasteiger partial charge on any atom is -0.330 e. The van der Waals surface area contributed by atoms with Gasteiger partial charge in [0.2, 0.25) is 0 Å². The molecule has 0 spiro atoms. The number of nitrogens with zero attached hydrogens (tertiary/aromatic N) is 4. The number of benzene rings is 12. The lowest BCUT2D eigenvalue weighted by Gasteiger charge is -2.44. The van der Waals surface area contributed by atoms with Crippen molar-refractivity contribution in [3.8, 4) is 56.6 Å². The van der Waals surface area contributed by atoms with E-state index in [9.17, 15) is 10.5 Å². The van der Waals surface area contributed by atoms with Crippen LogP contribution in [0.2, 0.25) is 0 Å². The van der Waals surface area contributed by atoms with Gasteiger partial charge in [0.15, 0.2) is 0 Å². The second kappa shape index (κ2) is 20.7. The molecule has 400 valence electrons. The van der Waals surface area contributed by atoms with Gasteiger partial charge in [-0.3, -0.25) is 0 Å². The van der Waals surface area contributed by atoms with Crippen LogP contribution >= 0.6 is 0 Å². The number of fused-ring (bicyclic) bond motifs is 4. The largest absolute Gasteiger partial charge is 0.330 e. The van der Waals surface area contributed by atoms with E-state index in [1.165, 1.54) is 82.1 Å². The van der Waals surface area contributed by atoms with Crippen molar-refractivity contribution >= 4 is 65.8 Å². The Kier molecular flexibility index (Phi) is 12.1. The molecule has 0 heterocycles. The number of anilines is 4. The third-order valence-electron chi connectivity index (χ3n) is 17.9. The Labute approximate surface area is 500 Å². The van der Waals surface area contributed by atoms with E-state index in [0.717, 1.165) is 61.8 Å². The summed E-state index contributed by atoms with van der Waals surface area (Å²) in [6, 6.07) is 95.6. The van der Waals surface area contributed by atoms with Crippen LogP contribution in [0, 0.1) is 28.6 Å². The van der Waals surface area contributed by atoms with Crippen molar-refractivity contribution in [3.63, 3.8) is 0 Å². The van der Waals surface area contributed by atoms with Crippen molar-refractivity contribution in [1.29, 1.82) is 10.5 Å². The molecule has 0 bridgehead atoms. The predicted molar refractivity (Wildman–Crippen MR) is 356 cm³/mol. The summed E-state index contributed by atoms with van der Waals surface area (Å²) in [6.07, 6.45) is 18.6. The van der Waals surface area contributed by atoms with E-state index in [-0.39, 0.29) is 12.0 Å². The van der Waals surface area contributed by atoms with E-state index < -0.39 is 0 Å². The molecule has 4 heteroatoms. The molecule has 4 aliphatic rings. The monoisotopic (exact) mass is 1090 g/mol. The number of hydrogen-bond donors (Lipinski definition) is 0. The standard InChI is InChI=1S/C82H52N4/c83-51-53-29-39-63(40-30-53)85(79-47-37-61(69-25-9-17-55-13-1-5-21-65(55)69)49-75(79)71-27-11-19-57-15-3-7-23-67(57)71)77-45-35-59-34-44-74-78(46-36-60-33-43-73(77)81(59)82(60)74)86(64-41-31-54(52-84)32-42-64)80-48-38-62(70-26-10-18-56-14-2-6-22-66(56)70)50-76(80)72-28-12-20-58-16-4-8-24-68(58)72/h1-50,77,82H. The lowest BCUT2D eigenvalue weighted by Crippen LogP contribution is -2.37. The van der Waals surface area contributed by atoms with Gasteiger partial charge in [-0.25, -0.2) is 0 Å². The number of allylic oxidation sites excluding steroid dienone is 10. The Morgan fingerprint density at radius 3 is 1.36 bits per heavy atom. The second-order valence-electron chi connectivity index (χ2n) is 22.5. The van der Waals surface area contributed by atoms with Crippen molar-refractivity contribution in [1.82, 2.24) is 0 Å². The van der Waals surface area contributed by atoms with Crippen LogP contribution in [0.3, 0.4) is 0 Å². The summed E-state index contributed by atoms with van der Waals surface area (Å²) < 4.78 is 0. The summed E-state index contributed by atoms with van der Waals surface area (Å²) in [5.74, 6) is -0.103. The Bertz CT molecular complexity index is 5120. The maximum Gasteiger partial charge on any atom is 0.0991 e. The Hall–Kier alpha value is -11.6. The molecule has 0 saturated carbocycles. The zero-order valence-corrected chi connectivity index (χ0v) is 46.8. The van der Waals surface area contributed by atoms with Crippen molar-refractivity contribution in [2.24, 2.45) is 5.92 Å². The van der Waals surface area contributed by atoms with Gasteiger partial charge in [0.25, 0.3) is 0 Å². The van der Waals surface area contributed by atoms with Gasteiger partial charge < -0.3 is 9.80 Å². The smallest absolute Gasteiger partial charge is 0.0991 e. The Morgan fingerprint density at radius 2 is 0.826 bits per heavy atom. The van der Waals surface area contributed by atoms with Gasteiger partial charge in [-0.15, -0.1) is 0 Å². The first-order chi connectivity index (χ1) is 42.6. The highest BCUT2D eigenvalue weighted by Gasteiger charge is 2.41. The predicted octanol–water partition coefficient (Wildman–Crippen LogP) is 20.8. The van der Waals surface area contributed by atoms with Crippen molar-refractivity contribution in [2.75, 3.05) is 9.80 Å². The van der Waals surface area contributed by atoms with E-state index >= 15 is 0 Å². The van der Waals surface area contributed by atoms with E-state index in [4.69, 9.17) is 0 Å². The first kappa shape index (κ1) is 50.2. The third kappa shape index (κ3) is 8.35. The molecule has 86 heavy (non-hydrogen) atoms. The molecule has 2 atom stereocenters. The first-order valence-corrected chi connectivity index (χ1v) is 29.3. The number of hydrogen-bond acceptors (Lipinski definition) is 4. The lowest BCUT2D eigenvalue weighted by molar-refractivity contribution is 0.773. The van der Waals surface area contributed by atoms with Crippen molar-refractivity contribution in [3.05, 3.63) is 348 Å². The molecule has 4 nitrogen and oxygen atoms in total. The zero-order chi connectivity index (χ0) is 57.2. The highest BCUT2D eigenvalue weighted by atomic mass is 15.2. The molecule has 2 unspecified atom stereocenters. The van der Waals surface area contributed by atoms with Gasteiger partial charge >= 0.3 is 0 Å². The Balaban J connectivity index is 0.883. The van der Waals surface area contributed by atoms with Gasteiger partial charge in [-0.1, -0.05) is 225 Å². The van der Waals surface area contributed by atoms with Gasteiger partial charge in [-0.05, 0) is 183 Å². The molecule has 0 radical (unpaired) electrons. The van der Waals surface area contributed by atoms with Crippen molar-refractivity contribution in [2.45, 2.75) is 6.04 Å². The first-order valence-electron chi connectivity index (χ1n) is 29.3. The fourth-order valence-electron chi connectivity index (χ4n) is 13.9. The van der Waals surface area contributed by atoms with E-state index in [1.54, 1.807) is 0 Å². The molecule has 16 rings (SSSR count). The fourth-order valence-corrected chi connectivity index (χ4v) is 13.9. The molecule has 0 saturated heterocycles. The zero-order valence-electron chi connectivity index (χ0n) is 46.8. The maximum atomic E-state index is 10.2. The molecule has 0 amide bonds. The minimum atomic E-state index is -0.257. The highest BCUT2D eigenvalue weighted by molar-refractivity contribution is 6.06. The van der Waals surface area contributed by atoms with Gasteiger partial charge in [-0.2, -0.15) is 10.5 Å². The topological polar surface area (TPSA) is 54.1 Å². The van der Waals surface area contributed by atoms with Gasteiger partial charge in [0.1, 0.15) is 0 Å². The summed E-state index contributed by atoms with van der Waals surface area (Å²) in [6.45, 7) is 0. The SMILES string of the molecule is N#Cc1ccc(N(C2=C3C=CC4=C5C(=CC=C(C=C2)C35)C(N(c2ccc(C#N)cc2)c2ccc(-c3cccc5ccccc35)cc2-c2cccc3ccccc23)C=C4)c2ccc(-c3cccc4ccccc34)cc2-c2cccc3ccccc23)cc1. The number of nitriles is 2. The van der Waals surface area contributed by atoms with Crippen LogP contribution in [-0.4, -0.2) is 6.04 Å². The molecule has 0 N–H and O–H groups in total. The average molecular weight is 1090 g/mol. The quantitative estimate of drug-likeness (QED) is 0.137. The van der Waals surface area contributed by atoms with Crippen LogP contribution in [0.5, 0.6) is 0 Å². The normalized spacial score (nSPS) is 15.6. The van der Waals surface area contributed by atoms with Crippen LogP contribution < -0.4 is 9.80 Å². The van der Waals surface area contributed by atoms with E-state index in [0.29, 0.717) is 11.1 Å². The molecular weight excluding hydrogens is 1040 g/mol. The van der Waals surface area contributed by atoms with E-state index in [1.807, 2.05) is 24.3 Å². The summed E-state index contributed by atoms with van der Waals surface area (Å²) in [4.78, 5) is 4.92. The molecule has 0 aliphatic heterocycles. The van der Waals surface area contributed by atoms with Crippen molar-refractivity contribution < 1.29 is 0 Å². The second-order valence-corrected chi connectivity index (χ2v) is 22.5. The molecule has 4 aliphatic carbocycles. The van der Waals surface area contributed by atoms with Crippen LogP contribution in [-0.2, 0) is 0 Å². The summed E-state index contributed by atoms with van der Waals surface area (Å²) in [5.41, 5.74) is 21.4. The lowest BCUT2D eigenvalue weighted by atomic mass is 9.67. The van der Waals surface area contributed by atoms with Crippen LogP contribution in [0.1, 0.15) is 11.1 Å². The van der Waals surface area contributed by atoms with Crippen LogP contribution in [0.15, 0.2) is 337 Å². The molecule has 12 aromatic carbocycles. The Morgan fingerprint density at radius 1 is 0.360 bits per heavy atom. The fraction of sp³-hybridized carbons (Fsp3) is 0.0244. The summed E-state index contributed by atoms with van der Waals surface area (Å²) >= 11 is 0. The highest BCUT2D eigenvalue weighted by Crippen LogP contribution is 2.54. The molecule has 0 aromatic heterocycles.